The average molecular weight is 499 g/mol. The highest BCUT2D eigenvalue weighted by molar-refractivity contribution is 8.01. The van der Waals surface area contributed by atoms with Gasteiger partial charge in [0.1, 0.15) is 10.8 Å². The Bertz CT molecular complexity index is 1150. The number of amides is 1. The first-order chi connectivity index (χ1) is 16.0. The number of carbonyl (C=O) groups excluding carboxylic acids is 2. The van der Waals surface area contributed by atoms with E-state index in [0.29, 0.717) is 34.0 Å². The number of carbonyl (C=O) groups is 2. The monoisotopic (exact) mass is 498 g/mol. The number of hydrogen-bond acceptors (Lipinski definition) is 6. The van der Waals surface area contributed by atoms with Crippen molar-refractivity contribution in [1.82, 2.24) is 10.3 Å². The van der Waals surface area contributed by atoms with Crippen molar-refractivity contribution in [2.24, 2.45) is 5.92 Å². The third-order valence-corrected chi connectivity index (χ3v) is 8.70. The maximum Gasteiger partial charge on any atom is 0.242 e. The van der Waals surface area contributed by atoms with Crippen molar-refractivity contribution < 1.29 is 14.3 Å². The number of nitrogens with zero attached hydrogens (tertiary/aromatic N) is 1. The van der Waals surface area contributed by atoms with E-state index in [0.717, 1.165) is 5.56 Å². The van der Waals surface area contributed by atoms with E-state index in [4.69, 9.17) is 21.3 Å². The molecule has 2 atom stereocenters. The minimum absolute atomic E-state index is 0.108. The van der Waals surface area contributed by atoms with Gasteiger partial charge in [0.15, 0.2) is 5.78 Å². The lowest BCUT2D eigenvalue weighted by molar-refractivity contribution is -0.133. The van der Waals surface area contributed by atoms with Crippen LogP contribution in [-0.4, -0.2) is 28.5 Å². The van der Waals surface area contributed by atoms with Gasteiger partial charge >= 0.3 is 0 Å². The Labute approximate surface area is 205 Å². The summed E-state index contributed by atoms with van der Waals surface area (Å²) in [6, 6.07) is 14.7. The Hall–Kier alpha value is -2.35. The van der Waals surface area contributed by atoms with Gasteiger partial charge in [-0.25, -0.2) is 4.98 Å². The molecule has 33 heavy (non-hydrogen) atoms. The first-order valence-electron chi connectivity index (χ1n) is 10.9. The smallest absolute Gasteiger partial charge is 0.242 e. The maximum atomic E-state index is 13.4. The van der Waals surface area contributed by atoms with Crippen LogP contribution in [0.1, 0.15) is 36.9 Å². The zero-order chi connectivity index (χ0) is 22.8. The molecule has 1 N–H and O–H groups in total. The van der Waals surface area contributed by atoms with E-state index in [1.807, 2.05) is 53.2 Å². The number of hydrogen-bond donors (Lipinski definition) is 1. The van der Waals surface area contributed by atoms with Crippen molar-refractivity contribution in [3.63, 3.8) is 0 Å². The summed E-state index contributed by atoms with van der Waals surface area (Å²) in [7, 11) is 0. The molecule has 1 amide bonds. The third kappa shape index (κ3) is 4.54. The molecular weight excluding hydrogens is 476 g/mol. The molecule has 1 aliphatic carbocycles. The summed E-state index contributed by atoms with van der Waals surface area (Å²) in [4.78, 5) is 32.1. The second-order valence-corrected chi connectivity index (χ2v) is 10.8. The lowest BCUT2D eigenvalue weighted by Crippen LogP contribution is -2.58. The molecule has 3 heterocycles. The Balaban J connectivity index is 1.44. The first-order valence-corrected chi connectivity index (χ1v) is 13.1. The van der Waals surface area contributed by atoms with Crippen LogP contribution in [0.3, 0.4) is 0 Å². The van der Waals surface area contributed by atoms with E-state index in [2.05, 4.69) is 5.32 Å². The highest BCUT2D eigenvalue weighted by Crippen LogP contribution is 2.41. The van der Waals surface area contributed by atoms with Crippen molar-refractivity contribution >= 4 is 46.4 Å². The normalized spacial score (nSPS) is 23.1. The Kier molecular flexibility index (Phi) is 6.45. The first kappa shape index (κ1) is 22.4. The van der Waals surface area contributed by atoms with Gasteiger partial charge in [-0.05, 0) is 59.3 Å². The van der Waals surface area contributed by atoms with E-state index < -0.39 is 10.8 Å². The van der Waals surface area contributed by atoms with Crippen molar-refractivity contribution in [2.45, 2.75) is 41.4 Å². The summed E-state index contributed by atoms with van der Waals surface area (Å²) in [5.74, 6) is 0.602. The number of rotatable bonds is 7. The number of benzene rings is 1. The largest absolute Gasteiger partial charge is 0.477 e. The van der Waals surface area contributed by atoms with Gasteiger partial charge in [0.25, 0.3) is 0 Å². The van der Waals surface area contributed by atoms with Crippen LogP contribution in [0.4, 0.5) is 0 Å². The van der Waals surface area contributed by atoms with Crippen LogP contribution in [0.5, 0.6) is 5.88 Å². The van der Waals surface area contributed by atoms with E-state index >= 15 is 0 Å². The van der Waals surface area contributed by atoms with E-state index in [1.54, 1.807) is 6.07 Å². The van der Waals surface area contributed by atoms with Crippen LogP contribution in [-0.2, 0) is 15.1 Å². The number of nitrogens with one attached hydrogen (secondary N) is 1. The van der Waals surface area contributed by atoms with Crippen LogP contribution < -0.4 is 10.1 Å². The molecule has 2 aliphatic rings. The van der Waals surface area contributed by atoms with Crippen molar-refractivity contribution in [2.75, 3.05) is 6.61 Å². The number of Topliss-reactive ketones (excluding diaryl/α,β-unsaturated/α-hetero) is 1. The van der Waals surface area contributed by atoms with Gasteiger partial charge in [-0.15, -0.1) is 11.8 Å². The van der Waals surface area contributed by atoms with E-state index in [1.165, 1.54) is 42.4 Å². The van der Waals surface area contributed by atoms with Crippen LogP contribution in [0.2, 0.25) is 5.02 Å². The molecular formula is C25H23ClN2O3S2. The second-order valence-electron chi connectivity index (χ2n) is 8.45. The highest BCUT2D eigenvalue weighted by atomic mass is 35.5. The third-order valence-electron chi connectivity index (χ3n) is 6.25. The zero-order valence-electron chi connectivity index (χ0n) is 17.8. The lowest BCUT2D eigenvalue weighted by Gasteiger charge is -2.39. The van der Waals surface area contributed by atoms with Crippen LogP contribution >= 0.6 is 34.7 Å². The second kappa shape index (κ2) is 9.49. The number of ketones is 1. The molecule has 170 valence electrons. The minimum Gasteiger partial charge on any atom is -0.477 e. The molecule has 2 fully saturated rings. The predicted octanol–water partition coefficient (Wildman–Crippen LogP) is 5.47. The lowest BCUT2D eigenvalue weighted by atomic mass is 9.79. The number of thioether (sulfide) groups is 1. The number of pyridine rings is 1. The Morgan fingerprint density at radius 2 is 2.00 bits per heavy atom. The SMILES string of the molecule is O=C1CC(c2ccsc2)(c2cccc(OCC3CCC3)n2)NC(=O)C1Sc1ccccc1Cl. The zero-order valence-corrected chi connectivity index (χ0v) is 20.2. The molecule has 0 bridgehead atoms. The molecule has 8 heteroatoms. The molecule has 3 aromatic rings. The van der Waals surface area contributed by atoms with Gasteiger partial charge in [-0.3, -0.25) is 9.59 Å². The molecule has 2 aromatic heterocycles. The fourth-order valence-electron chi connectivity index (χ4n) is 4.19. The van der Waals surface area contributed by atoms with Gasteiger partial charge in [0, 0.05) is 17.4 Å². The van der Waals surface area contributed by atoms with Crippen LogP contribution in [0.25, 0.3) is 0 Å². The van der Waals surface area contributed by atoms with Crippen molar-refractivity contribution in [3.8, 4) is 5.88 Å². The van der Waals surface area contributed by atoms with Gasteiger partial charge in [0.05, 0.1) is 17.3 Å². The maximum absolute atomic E-state index is 13.4. The fraction of sp³-hybridized carbons (Fsp3) is 0.320. The van der Waals surface area contributed by atoms with Crippen LogP contribution in [0, 0.1) is 5.92 Å². The van der Waals surface area contributed by atoms with Crippen LogP contribution in [0.15, 0.2) is 64.2 Å². The topological polar surface area (TPSA) is 68.3 Å². The quantitative estimate of drug-likeness (QED) is 0.437. The minimum atomic E-state index is -1.03. The molecule has 5 rings (SSSR count). The molecule has 1 aromatic carbocycles. The Morgan fingerprint density at radius 3 is 2.70 bits per heavy atom. The van der Waals surface area contributed by atoms with E-state index in [9.17, 15) is 9.59 Å². The number of thiophene rings is 1. The summed E-state index contributed by atoms with van der Waals surface area (Å²) in [5.41, 5.74) is 0.426. The van der Waals surface area contributed by atoms with Gasteiger partial charge in [-0.1, -0.05) is 36.2 Å². The summed E-state index contributed by atoms with van der Waals surface area (Å²) in [6.07, 6.45) is 3.74. The van der Waals surface area contributed by atoms with E-state index in [-0.39, 0.29) is 18.1 Å². The molecule has 5 nitrogen and oxygen atoms in total. The summed E-state index contributed by atoms with van der Waals surface area (Å²) < 4.78 is 5.95. The molecule has 1 aliphatic heterocycles. The number of halogens is 1. The standard InChI is InChI=1S/C25H23ClN2O3S2/c26-18-7-1-2-8-20(18)33-23-19(29)13-25(28-24(23)30,17-11-12-32-15-17)21-9-4-10-22(27-21)31-14-16-5-3-6-16/h1-2,4,7-12,15-16,23H,3,5-6,13-14H2,(H,28,30). The number of aromatic nitrogens is 1. The number of piperidine rings is 1. The molecule has 0 spiro atoms. The summed E-state index contributed by atoms with van der Waals surface area (Å²) >= 11 is 8.98. The molecule has 0 radical (unpaired) electrons. The highest BCUT2D eigenvalue weighted by Gasteiger charge is 2.48. The number of ether oxygens (including phenoxy) is 1. The fourth-order valence-corrected chi connectivity index (χ4v) is 6.16. The van der Waals surface area contributed by atoms with Gasteiger partial charge in [-0.2, -0.15) is 11.3 Å². The van der Waals surface area contributed by atoms with Gasteiger partial charge in [0.2, 0.25) is 11.8 Å². The van der Waals surface area contributed by atoms with Gasteiger partial charge < -0.3 is 10.1 Å². The molecule has 1 saturated heterocycles. The summed E-state index contributed by atoms with van der Waals surface area (Å²) in [5, 5.41) is 6.70. The van der Waals surface area contributed by atoms with Crippen molar-refractivity contribution in [1.29, 1.82) is 0 Å². The van der Waals surface area contributed by atoms with Crippen molar-refractivity contribution in [3.05, 3.63) is 75.6 Å². The average Bonchev–Trinajstić information content (AvgIpc) is 3.32. The molecule has 2 unspecified atom stereocenters. The summed E-state index contributed by atoms with van der Waals surface area (Å²) in [6.45, 7) is 0.643. The Morgan fingerprint density at radius 1 is 1.15 bits per heavy atom. The predicted molar refractivity (Wildman–Crippen MR) is 131 cm³/mol. The molecule has 1 saturated carbocycles.